The van der Waals surface area contributed by atoms with Crippen LogP contribution in [0.4, 0.5) is 0 Å². The third-order valence-corrected chi connectivity index (χ3v) is 2.87. The SMILES string of the molecule is CCCCc1c[nH]c(C(=O)O)c1CCCC. The van der Waals surface area contributed by atoms with E-state index < -0.39 is 5.97 Å². The molecule has 1 aromatic heterocycles. The molecule has 0 aliphatic carbocycles. The number of rotatable bonds is 7. The van der Waals surface area contributed by atoms with E-state index in [4.69, 9.17) is 5.11 Å². The van der Waals surface area contributed by atoms with E-state index in [1.165, 1.54) is 5.56 Å². The van der Waals surface area contributed by atoms with Gasteiger partial charge in [-0.2, -0.15) is 0 Å². The third kappa shape index (κ3) is 3.12. The number of nitrogens with one attached hydrogen (secondary N) is 1. The molecular formula is C13H21NO2. The van der Waals surface area contributed by atoms with Crippen molar-refractivity contribution in [1.29, 1.82) is 0 Å². The Hall–Kier alpha value is -1.25. The minimum Gasteiger partial charge on any atom is -0.477 e. The summed E-state index contributed by atoms with van der Waals surface area (Å²) in [6.45, 7) is 4.27. The number of hydrogen-bond donors (Lipinski definition) is 2. The van der Waals surface area contributed by atoms with Crippen LogP contribution in [0.3, 0.4) is 0 Å². The van der Waals surface area contributed by atoms with Gasteiger partial charge in [-0.05, 0) is 36.8 Å². The second-order valence-electron chi connectivity index (χ2n) is 4.18. The summed E-state index contributed by atoms with van der Waals surface area (Å²) in [6, 6.07) is 0. The number of aromatic nitrogens is 1. The van der Waals surface area contributed by atoms with Crippen LogP contribution in [0.15, 0.2) is 6.20 Å². The van der Waals surface area contributed by atoms with Gasteiger partial charge in [0.15, 0.2) is 0 Å². The molecule has 0 unspecified atom stereocenters. The van der Waals surface area contributed by atoms with Crippen molar-refractivity contribution in [2.24, 2.45) is 0 Å². The maximum absolute atomic E-state index is 11.0. The molecule has 0 bridgehead atoms. The molecule has 1 rings (SSSR count). The van der Waals surface area contributed by atoms with Crippen molar-refractivity contribution in [2.75, 3.05) is 0 Å². The maximum atomic E-state index is 11.0. The van der Waals surface area contributed by atoms with Crippen LogP contribution in [-0.2, 0) is 12.8 Å². The minimum absolute atomic E-state index is 0.388. The number of aryl methyl sites for hydroxylation is 1. The smallest absolute Gasteiger partial charge is 0.352 e. The second-order valence-corrected chi connectivity index (χ2v) is 4.18. The number of hydrogen-bond acceptors (Lipinski definition) is 1. The summed E-state index contributed by atoms with van der Waals surface area (Å²) in [7, 11) is 0. The quantitative estimate of drug-likeness (QED) is 0.744. The molecule has 3 heteroatoms. The monoisotopic (exact) mass is 223 g/mol. The van der Waals surface area contributed by atoms with E-state index in [0.29, 0.717) is 5.69 Å². The molecule has 0 spiro atoms. The summed E-state index contributed by atoms with van der Waals surface area (Å²) >= 11 is 0. The summed E-state index contributed by atoms with van der Waals surface area (Å²) in [4.78, 5) is 13.9. The van der Waals surface area contributed by atoms with Crippen LogP contribution in [0, 0.1) is 0 Å². The van der Waals surface area contributed by atoms with Crippen LogP contribution < -0.4 is 0 Å². The standard InChI is InChI=1S/C13H21NO2/c1-3-5-7-10-9-14-12(13(15)16)11(10)8-6-4-2/h9,14H,3-8H2,1-2H3,(H,15,16). The Bertz CT molecular complexity index is 342. The number of unbranched alkanes of at least 4 members (excludes halogenated alkanes) is 2. The van der Waals surface area contributed by atoms with E-state index in [9.17, 15) is 4.79 Å². The van der Waals surface area contributed by atoms with Crippen molar-refractivity contribution in [3.05, 3.63) is 23.0 Å². The first-order valence-electron chi connectivity index (χ1n) is 6.13. The van der Waals surface area contributed by atoms with Crippen molar-refractivity contribution < 1.29 is 9.90 Å². The van der Waals surface area contributed by atoms with E-state index in [2.05, 4.69) is 18.8 Å². The maximum Gasteiger partial charge on any atom is 0.352 e. The largest absolute Gasteiger partial charge is 0.477 e. The highest BCUT2D eigenvalue weighted by atomic mass is 16.4. The number of aromatic amines is 1. The number of carboxylic acid groups (broad SMARTS) is 1. The minimum atomic E-state index is -0.839. The van der Waals surface area contributed by atoms with Crippen LogP contribution in [0.5, 0.6) is 0 Å². The van der Waals surface area contributed by atoms with Crippen molar-refractivity contribution in [3.8, 4) is 0 Å². The molecule has 0 aliphatic rings. The first-order valence-corrected chi connectivity index (χ1v) is 6.13. The van der Waals surface area contributed by atoms with Crippen molar-refractivity contribution in [1.82, 2.24) is 4.98 Å². The van der Waals surface area contributed by atoms with Gasteiger partial charge in [-0.3, -0.25) is 0 Å². The average molecular weight is 223 g/mol. The number of H-pyrrole nitrogens is 1. The van der Waals surface area contributed by atoms with Crippen molar-refractivity contribution >= 4 is 5.97 Å². The highest BCUT2D eigenvalue weighted by Crippen LogP contribution is 2.19. The first kappa shape index (κ1) is 12.8. The Balaban J connectivity index is 2.85. The van der Waals surface area contributed by atoms with Gasteiger partial charge in [0.2, 0.25) is 0 Å². The highest BCUT2D eigenvalue weighted by Gasteiger charge is 2.15. The molecule has 0 amide bonds. The predicted octanol–water partition coefficient (Wildman–Crippen LogP) is 3.40. The van der Waals surface area contributed by atoms with Gasteiger partial charge in [-0.25, -0.2) is 4.79 Å². The van der Waals surface area contributed by atoms with Gasteiger partial charge in [0.25, 0.3) is 0 Å². The van der Waals surface area contributed by atoms with Crippen LogP contribution in [0.25, 0.3) is 0 Å². The Kier molecular flexibility index (Phi) is 5.09. The van der Waals surface area contributed by atoms with Gasteiger partial charge in [0, 0.05) is 6.20 Å². The lowest BCUT2D eigenvalue weighted by molar-refractivity contribution is 0.0690. The normalized spacial score (nSPS) is 10.6. The fourth-order valence-corrected chi connectivity index (χ4v) is 1.91. The third-order valence-electron chi connectivity index (χ3n) is 2.87. The van der Waals surface area contributed by atoms with Crippen molar-refractivity contribution in [2.45, 2.75) is 52.4 Å². The van der Waals surface area contributed by atoms with Gasteiger partial charge in [-0.15, -0.1) is 0 Å². The molecule has 0 radical (unpaired) electrons. The van der Waals surface area contributed by atoms with Crippen LogP contribution >= 0.6 is 0 Å². The van der Waals surface area contributed by atoms with Gasteiger partial charge < -0.3 is 10.1 Å². The van der Waals surface area contributed by atoms with E-state index in [1.807, 2.05) is 6.20 Å². The molecule has 3 nitrogen and oxygen atoms in total. The molecule has 0 atom stereocenters. The summed E-state index contributed by atoms with van der Waals surface area (Å²) in [5.74, 6) is -0.839. The fraction of sp³-hybridized carbons (Fsp3) is 0.615. The van der Waals surface area contributed by atoms with Crippen molar-refractivity contribution in [3.63, 3.8) is 0 Å². The number of aromatic carboxylic acids is 1. The van der Waals surface area contributed by atoms with Crippen LogP contribution in [-0.4, -0.2) is 16.1 Å². The summed E-state index contributed by atoms with van der Waals surface area (Å²) in [5.41, 5.74) is 2.59. The molecule has 0 aliphatic heterocycles. The van der Waals surface area contributed by atoms with Gasteiger partial charge in [-0.1, -0.05) is 26.7 Å². The molecule has 16 heavy (non-hydrogen) atoms. The second kappa shape index (κ2) is 6.36. The van der Waals surface area contributed by atoms with Gasteiger partial charge >= 0.3 is 5.97 Å². The Morgan fingerprint density at radius 2 is 1.88 bits per heavy atom. The molecule has 0 saturated carbocycles. The van der Waals surface area contributed by atoms with Crippen LogP contribution in [0.2, 0.25) is 0 Å². The zero-order chi connectivity index (χ0) is 12.0. The molecule has 2 N–H and O–H groups in total. The Labute approximate surface area is 96.9 Å². The predicted molar refractivity (Wildman–Crippen MR) is 65.0 cm³/mol. The Morgan fingerprint density at radius 3 is 2.44 bits per heavy atom. The van der Waals surface area contributed by atoms with E-state index >= 15 is 0 Å². The summed E-state index contributed by atoms with van der Waals surface area (Å²) in [6.07, 6.45) is 8.13. The molecule has 0 fully saturated rings. The lowest BCUT2D eigenvalue weighted by Crippen LogP contribution is -2.02. The molecular weight excluding hydrogens is 202 g/mol. The molecule has 0 aromatic carbocycles. The summed E-state index contributed by atoms with van der Waals surface area (Å²) < 4.78 is 0. The van der Waals surface area contributed by atoms with Gasteiger partial charge in [0.1, 0.15) is 5.69 Å². The lowest BCUT2D eigenvalue weighted by Gasteiger charge is -2.04. The van der Waals surface area contributed by atoms with E-state index in [1.54, 1.807) is 0 Å². The molecule has 1 heterocycles. The fourth-order valence-electron chi connectivity index (χ4n) is 1.91. The lowest BCUT2D eigenvalue weighted by atomic mass is 10.0. The number of carboxylic acids is 1. The number of carbonyl (C=O) groups is 1. The summed E-state index contributed by atoms with van der Waals surface area (Å²) in [5, 5.41) is 9.07. The van der Waals surface area contributed by atoms with Gasteiger partial charge in [0.05, 0.1) is 0 Å². The zero-order valence-corrected chi connectivity index (χ0v) is 10.2. The molecule has 0 saturated heterocycles. The van der Waals surface area contributed by atoms with Crippen LogP contribution in [0.1, 0.15) is 61.1 Å². The molecule has 90 valence electrons. The first-order chi connectivity index (χ1) is 7.70. The highest BCUT2D eigenvalue weighted by molar-refractivity contribution is 5.87. The molecule has 1 aromatic rings. The Morgan fingerprint density at radius 1 is 1.25 bits per heavy atom. The van der Waals surface area contributed by atoms with E-state index in [-0.39, 0.29) is 0 Å². The topological polar surface area (TPSA) is 53.1 Å². The van der Waals surface area contributed by atoms with E-state index in [0.717, 1.165) is 44.1 Å². The average Bonchev–Trinajstić information content (AvgIpc) is 2.66. The zero-order valence-electron chi connectivity index (χ0n) is 10.2.